The topological polar surface area (TPSA) is 24.1 Å². The minimum Gasteiger partial charge on any atom is -0.300 e. The number of rotatable bonds is 3. The Morgan fingerprint density at radius 3 is 1.89 bits per heavy atom. The van der Waals surface area contributed by atoms with Gasteiger partial charge in [0.25, 0.3) is 0 Å². The molecule has 4 bridgehead atoms. The molecule has 6 aliphatic rings. The van der Waals surface area contributed by atoms with Gasteiger partial charge in [-0.3, -0.25) is 0 Å². The Morgan fingerprint density at radius 1 is 0.477 bits per heavy atom. The maximum atomic E-state index is 3.45. The Hall–Kier alpha value is -4.56. The van der Waals surface area contributed by atoms with Gasteiger partial charge in [-0.1, -0.05) is 103 Å². The third kappa shape index (κ3) is 3.43. The van der Waals surface area contributed by atoms with Crippen molar-refractivity contribution in [3.63, 3.8) is 0 Å². The van der Waals surface area contributed by atoms with Crippen LogP contribution in [0.5, 0.6) is 0 Å². The zero-order chi connectivity index (χ0) is 28.8. The first-order valence-electron chi connectivity index (χ1n) is 16.5. The first kappa shape index (κ1) is 24.8. The third-order valence-electron chi connectivity index (χ3n) is 11.9. The van der Waals surface area contributed by atoms with E-state index in [1.54, 1.807) is 11.1 Å². The van der Waals surface area contributed by atoms with Crippen LogP contribution in [-0.4, -0.2) is 0 Å². The molecule has 0 radical (unpaired) electrons. The molecule has 4 saturated carbocycles. The van der Waals surface area contributed by atoms with Gasteiger partial charge in [0.15, 0.2) is 0 Å². The highest BCUT2D eigenvalue weighted by molar-refractivity contribution is 5.94. The molecular formula is C42H36N2. The Balaban J connectivity index is 0.978. The molecule has 0 atom stereocenters. The smallest absolute Gasteiger partial charge is 0.0619 e. The van der Waals surface area contributed by atoms with Gasteiger partial charge in [-0.25, -0.2) is 0 Å². The van der Waals surface area contributed by atoms with Crippen LogP contribution in [0.2, 0.25) is 0 Å². The van der Waals surface area contributed by atoms with Crippen LogP contribution in [0.1, 0.15) is 54.4 Å². The van der Waals surface area contributed by atoms with Crippen LogP contribution in [0, 0.1) is 23.7 Å². The summed E-state index contributed by atoms with van der Waals surface area (Å²) in [6, 6.07) is 40.9. The van der Waals surface area contributed by atoms with Crippen LogP contribution >= 0.6 is 0 Å². The second-order valence-electron chi connectivity index (χ2n) is 14.0. The van der Waals surface area contributed by atoms with E-state index in [1.165, 1.54) is 76.3 Å². The highest BCUT2D eigenvalue weighted by Gasteiger charge is 2.61. The molecule has 2 nitrogen and oxygen atoms in total. The SMILES string of the molecule is C1=C(c2ccc(-c3ccc4c(c3)-c3ccccc3C43C4CC5CC(C4)CC3C5)cc2)NNC(c2cccc3ccccc23)=C1. The van der Waals surface area contributed by atoms with Gasteiger partial charge >= 0.3 is 0 Å². The average molecular weight is 569 g/mol. The zero-order valence-corrected chi connectivity index (χ0v) is 24.9. The fraction of sp³-hybridized carbons (Fsp3) is 0.238. The van der Waals surface area contributed by atoms with Crippen molar-refractivity contribution < 1.29 is 0 Å². The quantitative estimate of drug-likeness (QED) is 0.226. The number of fused-ring (bicyclic) bond motifs is 4. The normalized spacial score (nSPS) is 27.4. The van der Waals surface area contributed by atoms with Gasteiger partial charge in [-0.05, 0) is 124 Å². The summed E-state index contributed by atoms with van der Waals surface area (Å²) in [4.78, 5) is 0. The van der Waals surface area contributed by atoms with Crippen LogP contribution < -0.4 is 10.9 Å². The minimum atomic E-state index is 0.242. The van der Waals surface area contributed by atoms with Gasteiger partial charge in [0.05, 0.1) is 11.4 Å². The summed E-state index contributed by atoms with van der Waals surface area (Å²) in [5.74, 6) is 3.57. The minimum absolute atomic E-state index is 0.242. The third-order valence-corrected chi connectivity index (χ3v) is 11.9. The Bertz CT molecular complexity index is 1990. The standard InChI is InChI=1S/C42H36N2/c1-2-8-34-29(6-1)7-5-10-36(34)41-19-18-40(43-44-41)30-14-12-28(13-15-30)31-16-17-39-37(25-31)35-9-3-4-11-38(35)42(39)32-21-26-20-27(23-32)24-33(42)22-26/h1-19,25-27,32-33,43-44H,20-24H2. The lowest BCUT2D eigenvalue weighted by molar-refractivity contribution is -0.0399. The van der Waals surface area contributed by atoms with Crippen LogP contribution in [0.4, 0.5) is 0 Å². The number of allylic oxidation sites excluding steroid dienone is 2. The van der Waals surface area contributed by atoms with E-state index in [2.05, 4.69) is 132 Å². The van der Waals surface area contributed by atoms with E-state index >= 15 is 0 Å². The lowest BCUT2D eigenvalue weighted by Gasteiger charge is -2.61. The van der Waals surface area contributed by atoms with Crippen molar-refractivity contribution in [1.29, 1.82) is 0 Å². The second kappa shape index (κ2) is 9.22. The van der Waals surface area contributed by atoms with Gasteiger partial charge in [-0.2, -0.15) is 0 Å². The summed E-state index contributed by atoms with van der Waals surface area (Å²) >= 11 is 0. The summed E-state index contributed by atoms with van der Waals surface area (Å²) in [5.41, 5.74) is 20.5. The van der Waals surface area contributed by atoms with E-state index in [0.717, 1.165) is 35.1 Å². The monoisotopic (exact) mass is 568 g/mol. The first-order chi connectivity index (χ1) is 21.8. The van der Waals surface area contributed by atoms with Gasteiger partial charge in [-0.15, -0.1) is 0 Å². The number of hydrogen-bond acceptors (Lipinski definition) is 2. The highest BCUT2D eigenvalue weighted by Crippen LogP contribution is 2.69. The number of benzene rings is 5. The van der Waals surface area contributed by atoms with Gasteiger partial charge in [0.1, 0.15) is 0 Å². The number of nitrogens with one attached hydrogen (secondary N) is 2. The molecule has 11 rings (SSSR count). The van der Waals surface area contributed by atoms with Crippen LogP contribution in [-0.2, 0) is 5.41 Å². The van der Waals surface area contributed by atoms with Gasteiger partial charge in [0, 0.05) is 11.0 Å². The molecule has 5 aliphatic carbocycles. The Labute approximate surface area is 259 Å². The molecule has 44 heavy (non-hydrogen) atoms. The van der Waals surface area contributed by atoms with Crippen molar-refractivity contribution in [3.8, 4) is 22.3 Å². The van der Waals surface area contributed by atoms with E-state index in [4.69, 9.17) is 0 Å². The molecule has 2 heteroatoms. The molecule has 0 unspecified atom stereocenters. The second-order valence-corrected chi connectivity index (χ2v) is 14.0. The molecule has 1 spiro atoms. The van der Waals surface area contributed by atoms with Crippen LogP contribution in [0.15, 0.2) is 121 Å². The lowest BCUT2D eigenvalue weighted by Crippen LogP contribution is -2.55. The van der Waals surface area contributed by atoms with E-state index in [1.807, 2.05) is 0 Å². The number of hydrogen-bond donors (Lipinski definition) is 2. The van der Waals surface area contributed by atoms with E-state index < -0.39 is 0 Å². The molecule has 0 saturated heterocycles. The van der Waals surface area contributed by atoms with Gasteiger partial charge in [0.2, 0.25) is 0 Å². The zero-order valence-electron chi connectivity index (χ0n) is 24.9. The van der Waals surface area contributed by atoms with Crippen molar-refractivity contribution in [2.45, 2.75) is 37.5 Å². The molecule has 1 aliphatic heterocycles. The maximum absolute atomic E-state index is 3.45. The Kier molecular flexibility index (Phi) is 5.21. The summed E-state index contributed by atoms with van der Waals surface area (Å²) in [5, 5.41) is 2.50. The average Bonchev–Trinajstić information content (AvgIpc) is 3.37. The largest absolute Gasteiger partial charge is 0.300 e. The molecular weight excluding hydrogens is 532 g/mol. The molecule has 214 valence electrons. The summed E-state index contributed by atoms with van der Waals surface area (Å²) in [7, 11) is 0. The summed E-state index contributed by atoms with van der Waals surface area (Å²) < 4.78 is 0. The molecule has 0 amide bonds. The summed E-state index contributed by atoms with van der Waals surface area (Å²) in [6.07, 6.45) is 11.6. The predicted molar refractivity (Wildman–Crippen MR) is 181 cm³/mol. The van der Waals surface area contributed by atoms with Crippen molar-refractivity contribution in [2.24, 2.45) is 23.7 Å². The number of hydrazine groups is 1. The van der Waals surface area contributed by atoms with Crippen molar-refractivity contribution >= 4 is 22.2 Å². The molecule has 5 aromatic carbocycles. The first-order valence-corrected chi connectivity index (χ1v) is 16.5. The van der Waals surface area contributed by atoms with Crippen LogP contribution in [0.25, 0.3) is 44.4 Å². The van der Waals surface area contributed by atoms with E-state index in [-0.39, 0.29) is 5.41 Å². The predicted octanol–water partition coefficient (Wildman–Crippen LogP) is 9.72. The summed E-state index contributed by atoms with van der Waals surface area (Å²) in [6.45, 7) is 0. The van der Waals surface area contributed by atoms with Crippen molar-refractivity contribution in [3.05, 3.63) is 144 Å². The fourth-order valence-corrected chi connectivity index (χ4v) is 10.4. The molecule has 5 aromatic rings. The Morgan fingerprint density at radius 2 is 1.09 bits per heavy atom. The fourth-order valence-electron chi connectivity index (χ4n) is 10.4. The van der Waals surface area contributed by atoms with E-state index in [9.17, 15) is 0 Å². The molecule has 4 fully saturated rings. The van der Waals surface area contributed by atoms with Gasteiger partial charge < -0.3 is 10.9 Å². The van der Waals surface area contributed by atoms with Crippen LogP contribution in [0.3, 0.4) is 0 Å². The molecule has 0 aromatic heterocycles. The van der Waals surface area contributed by atoms with Crippen molar-refractivity contribution in [1.82, 2.24) is 10.9 Å². The van der Waals surface area contributed by atoms with Crippen molar-refractivity contribution in [2.75, 3.05) is 0 Å². The molecule has 2 N–H and O–H groups in total. The van der Waals surface area contributed by atoms with E-state index in [0.29, 0.717) is 0 Å². The maximum Gasteiger partial charge on any atom is 0.0619 e. The lowest BCUT2D eigenvalue weighted by atomic mass is 9.43. The molecule has 1 heterocycles. The highest BCUT2D eigenvalue weighted by atomic mass is 15.4.